The fraction of sp³-hybridized carbons (Fsp3) is 0.167. The highest BCUT2D eigenvalue weighted by molar-refractivity contribution is 8.14. The quantitative estimate of drug-likeness (QED) is 0.371. The molecule has 1 aromatic heterocycles. The van der Waals surface area contributed by atoms with Crippen molar-refractivity contribution in [3.63, 3.8) is 0 Å². The monoisotopic (exact) mass is 541 g/mol. The Kier molecular flexibility index (Phi) is 5.72. The Bertz CT molecular complexity index is 1390. The average Bonchev–Trinajstić information content (AvgIpc) is 3.38. The molecule has 0 fully saturated rings. The van der Waals surface area contributed by atoms with Gasteiger partial charge in [0.05, 0.1) is 31.7 Å². The Hall–Kier alpha value is -2.75. The standard InChI is InChI=1S/C24H20N3O3S2.BrH/c1-28-15-6-4-14(5-7-15)22-26-18-10-8-16(29-2)12-20(18)31-23(26)25-24-27(22)19-11-9-17(30-3)13-21(19)32-24;/h4-13,22H,1-3H3;1H/q+1;/p-1. The molecule has 0 aliphatic carbocycles. The number of thioether (sulfide) groups is 1. The molecule has 0 saturated carbocycles. The summed E-state index contributed by atoms with van der Waals surface area (Å²) in [6, 6.07) is 20.7. The van der Waals surface area contributed by atoms with Crippen molar-refractivity contribution in [3.05, 3.63) is 66.2 Å². The molecule has 3 aromatic carbocycles. The minimum atomic E-state index is -0.0762. The Labute approximate surface area is 210 Å². The van der Waals surface area contributed by atoms with Gasteiger partial charge in [0.15, 0.2) is 0 Å². The van der Waals surface area contributed by atoms with Crippen LogP contribution in [0.25, 0.3) is 10.2 Å². The first-order valence-corrected chi connectivity index (χ1v) is 11.7. The molecule has 1 unspecified atom stereocenters. The van der Waals surface area contributed by atoms with Gasteiger partial charge in [-0.2, -0.15) is 4.57 Å². The first-order chi connectivity index (χ1) is 15.7. The van der Waals surface area contributed by atoms with Crippen LogP contribution in [-0.4, -0.2) is 26.5 Å². The fourth-order valence-electron chi connectivity index (χ4n) is 4.20. The number of anilines is 1. The summed E-state index contributed by atoms with van der Waals surface area (Å²) in [4.78, 5) is 8.51. The lowest BCUT2D eigenvalue weighted by Crippen LogP contribution is -3.00. The van der Waals surface area contributed by atoms with Crippen LogP contribution in [-0.2, 0) is 0 Å². The van der Waals surface area contributed by atoms with Crippen LogP contribution in [0.5, 0.6) is 17.2 Å². The number of hydrogen-bond donors (Lipinski definition) is 0. The molecule has 4 aromatic rings. The lowest BCUT2D eigenvalue weighted by molar-refractivity contribution is -0.671. The maximum atomic E-state index is 5.46. The van der Waals surface area contributed by atoms with Crippen LogP contribution in [0, 0.1) is 0 Å². The summed E-state index contributed by atoms with van der Waals surface area (Å²) in [7, 11) is 5.08. The molecule has 6 nitrogen and oxygen atoms in total. The second-order valence-electron chi connectivity index (χ2n) is 7.44. The molecule has 2 aliphatic rings. The molecular formula is C24H20BrN3O3S2. The maximum absolute atomic E-state index is 5.46. The molecular weight excluding hydrogens is 522 g/mol. The lowest BCUT2D eigenvalue weighted by atomic mass is 10.1. The first kappa shape index (κ1) is 22.1. The smallest absolute Gasteiger partial charge is 0.388 e. The number of ether oxygens (including phenoxy) is 3. The van der Waals surface area contributed by atoms with E-state index in [1.54, 1.807) is 44.4 Å². The van der Waals surface area contributed by atoms with Gasteiger partial charge < -0.3 is 31.2 Å². The predicted molar refractivity (Wildman–Crippen MR) is 128 cm³/mol. The number of aliphatic imine (C=N–C) groups is 1. The summed E-state index contributed by atoms with van der Waals surface area (Å²) in [5.41, 5.74) is 3.41. The third-order valence-corrected chi connectivity index (χ3v) is 7.80. The summed E-state index contributed by atoms with van der Waals surface area (Å²) < 4.78 is 19.8. The van der Waals surface area contributed by atoms with Crippen LogP contribution in [0.15, 0.2) is 70.6 Å². The highest BCUT2D eigenvalue weighted by Crippen LogP contribution is 2.49. The molecule has 0 saturated heterocycles. The van der Waals surface area contributed by atoms with Gasteiger partial charge in [0, 0.05) is 16.5 Å². The molecule has 0 amide bonds. The van der Waals surface area contributed by atoms with Gasteiger partial charge in [-0.15, -0.1) is 0 Å². The van der Waals surface area contributed by atoms with Crippen LogP contribution in [0.2, 0.25) is 0 Å². The molecule has 168 valence electrons. The van der Waals surface area contributed by atoms with Gasteiger partial charge >= 0.3 is 5.13 Å². The van der Waals surface area contributed by atoms with E-state index in [0.717, 1.165) is 53.9 Å². The SMILES string of the molecule is COc1ccc(C2N3C(=Nc4sc5cc(OC)ccc5[n+]42)Sc2cc(OC)ccc23)cc1.[Br-]. The molecule has 0 spiro atoms. The van der Waals surface area contributed by atoms with Crippen molar-refractivity contribution in [1.29, 1.82) is 0 Å². The lowest BCUT2D eigenvalue weighted by Gasteiger charge is -2.28. The Balaban J connectivity index is 0.00000228. The van der Waals surface area contributed by atoms with Gasteiger partial charge in [0.1, 0.15) is 22.8 Å². The number of amidine groups is 1. The number of methoxy groups -OCH3 is 3. The van der Waals surface area contributed by atoms with Crippen LogP contribution < -0.4 is 40.7 Å². The number of fused-ring (bicyclic) bond motifs is 6. The number of rotatable bonds is 4. The van der Waals surface area contributed by atoms with Gasteiger partial charge in [-0.25, -0.2) is 0 Å². The van der Waals surface area contributed by atoms with Crippen molar-refractivity contribution in [3.8, 4) is 17.2 Å². The van der Waals surface area contributed by atoms with E-state index in [1.165, 1.54) is 0 Å². The van der Waals surface area contributed by atoms with Gasteiger partial charge in [0.25, 0.3) is 5.17 Å². The molecule has 0 bridgehead atoms. The maximum Gasteiger partial charge on any atom is 0.388 e. The molecule has 6 rings (SSSR count). The Morgan fingerprint density at radius 2 is 1.52 bits per heavy atom. The molecule has 0 N–H and O–H groups in total. The largest absolute Gasteiger partial charge is 1.00 e. The van der Waals surface area contributed by atoms with Gasteiger partial charge in [-0.3, -0.25) is 4.90 Å². The number of aromatic nitrogens is 1. The average molecular weight is 542 g/mol. The second-order valence-corrected chi connectivity index (χ2v) is 9.45. The van der Waals surface area contributed by atoms with Crippen LogP contribution in [0.1, 0.15) is 11.7 Å². The zero-order valence-electron chi connectivity index (χ0n) is 18.1. The molecule has 9 heteroatoms. The highest BCUT2D eigenvalue weighted by Gasteiger charge is 2.46. The van der Waals surface area contributed by atoms with E-state index < -0.39 is 0 Å². The molecule has 0 radical (unpaired) electrons. The van der Waals surface area contributed by atoms with Crippen LogP contribution >= 0.6 is 23.1 Å². The number of nitrogens with zero attached hydrogens (tertiary/aromatic N) is 3. The second kappa shape index (κ2) is 8.55. The molecule has 1 atom stereocenters. The Morgan fingerprint density at radius 3 is 2.24 bits per heavy atom. The normalized spacial score (nSPS) is 15.8. The molecule has 33 heavy (non-hydrogen) atoms. The molecule has 3 heterocycles. The Morgan fingerprint density at radius 1 is 0.848 bits per heavy atom. The molecule has 2 aliphatic heterocycles. The van der Waals surface area contributed by atoms with Crippen molar-refractivity contribution < 1.29 is 35.8 Å². The number of thiazole rings is 1. The number of halogens is 1. The number of hydrogen-bond acceptors (Lipinski definition) is 7. The minimum Gasteiger partial charge on any atom is -1.00 e. The van der Waals surface area contributed by atoms with E-state index in [-0.39, 0.29) is 23.1 Å². The van der Waals surface area contributed by atoms with Crippen molar-refractivity contribution in [1.82, 2.24) is 0 Å². The minimum absolute atomic E-state index is 0. The van der Waals surface area contributed by atoms with Crippen LogP contribution in [0.3, 0.4) is 0 Å². The summed E-state index contributed by atoms with van der Waals surface area (Å²) in [6.45, 7) is 0. The van der Waals surface area contributed by atoms with E-state index in [2.05, 4.69) is 45.9 Å². The van der Waals surface area contributed by atoms with E-state index in [9.17, 15) is 0 Å². The van der Waals surface area contributed by atoms with Crippen molar-refractivity contribution >= 4 is 49.3 Å². The van der Waals surface area contributed by atoms with E-state index in [0.29, 0.717) is 0 Å². The van der Waals surface area contributed by atoms with Crippen molar-refractivity contribution in [2.45, 2.75) is 11.1 Å². The summed E-state index contributed by atoms with van der Waals surface area (Å²) in [5.74, 6) is 2.53. The summed E-state index contributed by atoms with van der Waals surface area (Å²) in [6.07, 6.45) is -0.0762. The van der Waals surface area contributed by atoms with E-state index >= 15 is 0 Å². The summed E-state index contributed by atoms with van der Waals surface area (Å²) >= 11 is 3.35. The predicted octanol–water partition coefficient (Wildman–Crippen LogP) is 2.38. The third-order valence-electron chi connectivity index (χ3n) is 5.76. The van der Waals surface area contributed by atoms with Crippen LogP contribution in [0.4, 0.5) is 10.8 Å². The topological polar surface area (TPSA) is 47.2 Å². The van der Waals surface area contributed by atoms with E-state index in [1.807, 2.05) is 24.3 Å². The zero-order chi connectivity index (χ0) is 21.8. The fourth-order valence-corrected chi connectivity index (χ4v) is 6.40. The van der Waals surface area contributed by atoms with E-state index in [4.69, 9.17) is 19.2 Å². The first-order valence-electron chi connectivity index (χ1n) is 10.1. The van der Waals surface area contributed by atoms with Gasteiger partial charge in [-0.05, 0) is 82.7 Å². The zero-order valence-corrected chi connectivity index (χ0v) is 21.3. The third kappa shape index (κ3) is 3.46. The number of benzene rings is 3. The van der Waals surface area contributed by atoms with Gasteiger partial charge in [0.2, 0.25) is 6.17 Å². The van der Waals surface area contributed by atoms with Crippen molar-refractivity contribution in [2.24, 2.45) is 4.99 Å². The van der Waals surface area contributed by atoms with Crippen molar-refractivity contribution in [2.75, 3.05) is 26.2 Å². The summed E-state index contributed by atoms with van der Waals surface area (Å²) in [5, 5.41) is 1.93. The van der Waals surface area contributed by atoms with Gasteiger partial charge in [-0.1, -0.05) is 0 Å². The highest BCUT2D eigenvalue weighted by atomic mass is 79.9.